The monoisotopic (exact) mass is 758 g/mol. The number of rotatable bonds is 11. The molecule has 3 amide bonds. The van der Waals surface area contributed by atoms with Crippen molar-refractivity contribution < 1.29 is 22.4 Å². The maximum absolute atomic E-state index is 14.2. The predicted octanol–water partition coefficient (Wildman–Crippen LogP) is 4.08. The number of nitrogens with two attached hydrogens (primary N) is 1. The van der Waals surface area contributed by atoms with Gasteiger partial charge in [0.1, 0.15) is 6.67 Å². The molecule has 0 bridgehead atoms. The van der Waals surface area contributed by atoms with Gasteiger partial charge in [-0.05, 0) is 88.3 Å². The third kappa shape index (κ3) is 9.02. The fourth-order valence-corrected chi connectivity index (χ4v) is 9.67. The van der Waals surface area contributed by atoms with Gasteiger partial charge in [0.2, 0.25) is 5.91 Å². The second-order valence-corrected chi connectivity index (χ2v) is 16.7. The maximum atomic E-state index is 14.2. The first-order valence-corrected chi connectivity index (χ1v) is 20.2. The van der Waals surface area contributed by atoms with Gasteiger partial charge in [-0.1, -0.05) is 42.4 Å². The van der Waals surface area contributed by atoms with E-state index in [2.05, 4.69) is 32.5 Å². The summed E-state index contributed by atoms with van der Waals surface area (Å²) in [6.07, 6.45) is 4.53. The molecule has 4 N–H and O–H groups in total. The summed E-state index contributed by atoms with van der Waals surface area (Å²) in [5, 5.41) is 3.32. The van der Waals surface area contributed by atoms with Gasteiger partial charge in [0.25, 0.3) is 10.2 Å². The molecule has 0 spiro atoms. The zero-order valence-electron chi connectivity index (χ0n) is 30.0. The number of carbonyl (C=O) groups is 2. The number of benzene rings is 2. The third-order valence-electron chi connectivity index (χ3n) is 11.2. The number of carbonyl (C=O) groups excluding carboxylic acids is 2. The molecule has 2 aromatic carbocycles. The molecule has 4 aliphatic heterocycles. The molecule has 0 unspecified atom stereocenters. The number of amides is 3. The van der Waals surface area contributed by atoms with Crippen molar-refractivity contribution in [2.24, 2.45) is 5.92 Å². The lowest BCUT2D eigenvalue weighted by atomic mass is 9.91. The number of hydrogen-bond acceptors (Lipinski definition) is 7. The SMILES string of the molecule is C=C(C[C@H](Cc1cc(Cl)c(N)c(CF)c1)C(=O)N1CCN(S(=O)(=O)NC2CCN(C)CC2)CC1)N1CCC(N2CCc3ccccc3NC2=O)CC1. The molecule has 2 aromatic rings. The van der Waals surface area contributed by atoms with Crippen LogP contribution in [-0.2, 0) is 34.5 Å². The normalized spacial score (nSPS) is 20.7. The average Bonchev–Trinajstić information content (AvgIpc) is 3.31. The summed E-state index contributed by atoms with van der Waals surface area (Å²) >= 11 is 6.38. The van der Waals surface area contributed by atoms with Gasteiger partial charge in [0, 0.05) is 80.8 Å². The minimum absolute atomic E-state index is 0.0757. The molecule has 52 heavy (non-hydrogen) atoms. The van der Waals surface area contributed by atoms with Crippen LogP contribution >= 0.6 is 11.6 Å². The number of alkyl halides is 1. The molecule has 0 aliphatic carbocycles. The molecule has 3 saturated heterocycles. The average molecular weight is 759 g/mol. The zero-order valence-corrected chi connectivity index (χ0v) is 31.6. The molecular formula is C37H52ClFN8O4S. The second kappa shape index (κ2) is 16.7. The molecular weight excluding hydrogens is 707 g/mol. The quantitative estimate of drug-likeness (QED) is 0.294. The Labute approximate surface area is 312 Å². The third-order valence-corrected chi connectivity index (χ3v) is 13.1. The van der Waals surface area contributed by atoms with Crippen molar-refractivity contribution in [2.75, 3.05) is 77.0 Å². The van der Waals surface area contributed by atoms with E-state index in [-0.39, 0.29) is 66.5 Å². The van der Waals surface area contributed by atoms with E-state index in [0.29, 0.717) is 38.0 Å². The Hall–Kier alpha value is -3.43. The molecule has 4 heterocycles. The van der Waals surface area contributed by atoms with Crippen LogP contribution in [0.1, 0.15) is 48.8 Å². The minimum Gasteiger partial charge on any atom is -0.397 e. The van der Waals surface area contributed by atoms with Crippen LogP contribution in [0.2, 0.25) is 5.02 Å². The number of fused-ring (bicyclic) bond motifs is 1. The van der Waals surface area contributed by atoms with Crippen molar-refractivity contribution in [3.8, 4) is 0 Å². The van der Waals surface area contributed by atoms with Crippen LogP contribution < -0.4 is 15.8 Å². The van der Waals surface area contributed by atoms with E-state index in [1.165, 1.54) is 4.31 Å². The summed E-state index contributed by atoms with van der Waals surface area (Å²) in [7, 11) is -1.65. The number of nitrogen functional groups attached to an aromatic ring is 1. The Morgan fingerprint density at radius 3 is 2.40 bits per heavy atom. The maximum Gasteiger partial charge on any atom is 0.322 e. The summed E-state index contributed by atoms with van der Waals surface area (Å²) in [5.41, 5.74) is 10.0. The van der Waals surface area contributed by atoms with Gasteiger partial charge in [-0.25, -0.2) is 9.18 Å². The lowest BCUT2D eigenvalue weighted by molar-refractivity contribution is -0.136. The fourth-order valence-electron chi connectivity index (χ4n) is 7.96. The van der Waals surface area contributed by atoms with E-state index in [4.69, 9.17) is 17.3 Å². The van der Waals surface area contributed by atoms with E-state index in [1.807, 2.05) is 30.1 Å². The van der Waals surface area contributed by atoms with Crippen molar-refractivity contribution >= 4 is 45.1 Å². The van der Waals surface area contributed by atoms with E-state index >= 15 is 0 Å². The van der Waals surface area contributed by atoms with Gasteiger partial charge in [-0.2, -0.15) is 17.4 Å². The first-order valence-electron chi connectivity index (χ1n) is 18.4. The first-order chi connectivity index (χ1) is 24.9. The highest BCUT2D eigenvalue weighted by molar-refractivity contribution is 7.87. The van der Waals surface area contributed by atoms with E-state index < -0.39 is 22.8 Å². The van der Waals surface area contributed by atoms with Crippen molar-refractivity contribution in [1.29, 1.82) is 0 Å². The molecule has 6 rings (SSSR count). The Bertz CT molecular complexity index is 1720. The summed E-state index contributed by atoms with van der Waals surface area (Å²) < 4.78 is 44.6. The first kappa shape index (κ1) is 38.3. The Kier molecular flexibility index (Phi) is 12.3. The molecule has 0 aromatic heterocycles. The summed E-state index contributed by atoms with van der Waals surface area (Å²) in [5.74, 6) is -0.639. The van der Waals surface area contributed by atoms with E-state index in [0.717, 1.165) is 62.1 Å². The zero-order chi connectivity index (χ0) is 37.0. The van der Waals surface area contributed by atoms with Crippen molar-refractivity contribution in [2.45, 2.75) is 63.7 Å². The number of para-hydroxylation sites is 1. The van der Waals surface area contributed by atoms with Crippen molar-refractivity contribution in [3.05, 3.63) is 70.4 Å². The van der Waals surface area contributed by atoms with E-state index in [1.54, 1.807) is 17.0 Å². The highest BCUT2D eigenvalue weighted by Crippen LogP contribution is 2.31. The highest BCUT2D eigenvalue weighted by Gasteiger charge is 2.35. The summed E-state index contributed by atoms with van der Waals surface area (Å²) in [6, 6.07) is 11.2. The Morgan fingerprint density at radius 2 is 1.71 bits per heavy atom. The number of likely N-dealkylation sites (tertiary alicyclic amines) is 2. The van der Waals surface area contributed by atoms with Crippen LogP contribution in [0, 0.1) is 5.92 Å². The van der Waals surface area contributed by atoms with Gasteiger partial charge in [0.15, 0.2) is 0 Å². The molecule has 1 atom stereocenters. The van der Waals surface area contributed by atoms with Gasteiger partial charge < -0.3 is 30.7 Å². The van der Waals surface area contributed by atoms with Crippen LogP contribution in [-0.4, -0.2) is 122 Å². The number of piperazine rings is 1. The van der Waals surface area contributed by atoms with Crippen molar-refractivity contribution in [1.82, 2.24) is 28.6 Å². The largest absolute Gasteiger partial charge is 0.397 e. The minimum atomic E-state index is -3.68. The molecule has 3 fully saturated rings. The molecule has 284 valence electrons. The number of allylic oxidation sites excluding steroid dienone is 1. The van der Waals surface area contributed by atoms with Gasteiger partial charge in [-0.3, -0.25) is 4.79 Å². The molecule has 15 heteroatoms. The lowest BCUT2D eigenvalue weighted by Crippen LogP contribution is -2.56. The molecule has 0 saturated carbocycles. The Balaban J connectivity index is 1.09. The number of hydrogen-bond donors (Lipinski definition) is 3. The molecule has 4 aliphatic rings. The molecule has 0 radical (unpaired) electrons. The smallest absolute Gasteiger partial charge is 0.322 e. The van der Waals surface area contributed by atoms with E-state index in [9.17, 15) is 22.4 Å². The Morgan fingerprint density at radius 1 is 1.02 bits per heavy atom. The van der Waals surface area contributed by atoms with Crippen LogP contribution in [0.4, 0.5) is 20.6 Å². The van der Waals surface area contributed by atoms with Crippen LogP contribution in [0.25, 0.3) is 0 Å². The van der Waals surface area contributed by atoms with Gasteiger partial charge in [0.05, 0.1) is 10.7 Å². The van der Waals surface area contributed by atoms with Gasteiger partial charge in [-0.15, -0.1) is 0 Å². The number of urea groups is 1. The lowest BCUT2D eigenvalue weighted by Gasteiger charge is -2.40. The van der Waals surface area contributed by atoms with Gasteiger partial charge >= 0.3 is 6.03 Å². The summed E-state index contributed by atoms with van der Waals surface area (Å²) in [6.45, 7) is 8.29. The van der Waals surface area contributed by atoms with Crippen LogP contribution in [0.15, 0.2) is 48.7 Å². The number of halogens is 2. The highest BCUT2D eigenvalue weighted by atomic mass is 35.5. The fraction of sp³-hybridized carbons (Fsp3) is 0.568. The van der Waals surface area contributed by atoms with Crippen LogP contribution in [0.5, 0.6) is 0 Å². The number of nitrogens with one attached hydrogen (secondary N) is 2. The standard InChI is InChI=1S/C37H52ClFN8O4S/c1-26(44-14-10-32(11-15-44)47-16-7-28-5-3-4-6-34(28)41-37(47)49)21-29(22-27-23-30(25-39)35(40)33(38)24-27)36(48)45-17-19-46(20-18-45)52(50,51)42-31-8-12-43(2)13-9-31/h3-6,23-24,29,31-32,42H,1,7-22,25,40H2,2H3,(H,41,49)/t29-/m1/s1. The topological polar surface area (TPSA) is 135 Å². The predicted molar refractivity (Wildman–Crippen MR) is 203 cm³/mol. The second-order valence-electron chi connectivity index (χ2n) is 14.6. The number of nitrogens with zero attached hydrogens (tertiary/aromatic N) is 5. The molecule has 12 nitrogen and oxygen atoms in total. The number of piperidine rings is 2. The number of anilines is 2. The van der Waals surface area contributed by atoms with Crippen LogP contribution in [0.3, 0.4) is 0 Å². The van der Waals surface area contributed by atoms with Crippen molar-refractivity contribution in [3.63, 3.8) is 0 Å². The summed E-state index contributed by atoms with van der Waals surface area (Å²) in [4.78, 5) is 35.5.